The third-order valence-electron chi connectivity index (χ3n) is 2.33. The summed E-state index contributed by atoms with van der Waals surface area (Å²) < 4.78 is 4.95. The van der Waals surface area contributed by atoms with E-state index in [2.05, 4.69) is 4.99 Å². The van der Waals surface area contributed by atoms with Gasteiger partial charge in [0.2, 0.25) is 0 Å². The summed E-state index contributed by atoms with van der Waals surface area (Å²) in [7, 11) is 0. The van der Waals surface area contributed by atoms with Gasteiger partial charge in [-0.05, 0) is 54.1 Å². The number of carbonyl (C=O) groups is 1. The van der Waals surface area contributed by atoms with E-state index in [0.717, 1.165) is 11.3 Å². The molecule has 0 aliphatic rings. The zero-order valence-electron chi connectivity index (χ0n) is 10.3. The van der Waals surface area contributed by atoms with Gasteiger partial charge >= 0.3 is 5.97 Å². The molecule has 2 rings (SSSR count). The fourth-order valence-electron chi connectivity index (χ4n) is 1.46. The van der Waals surface area contributed by atoms with E-state index < -0.39 is 0 Å². The molecular weight excluding hydrogens is 262 g/mol. The van der Waals surface area contributed by atoms with Gasteiger partial charge in [0.15, 0.2) is 0 Å². The summed E-state index contributed by atoms with van der Waals surface area (Å²) in [4.78, 5) is 15.1. The van der Waals surface area contributed by atoms with Crippen LogP contribution in [0.3, 0.4) is 0 Å². The predicted octanol–water partition coefficient (Wildman–Crippen LogP) is 4.02. The first-order chi connectivity index (χ1) is 9.13. The van der Waals surface area contributed by atoms with Crippen molar-refractivity contribution < 1.29 is 9.53 Å². The Hall–Kier alpha value is -2.13. The van der Waals surface area contributed by atoms with E-state index in [1.165, 1.54) is 6.92 Å². The average Bonchev–Trinajstić information content (AvgIpc) is 2.39. The number of aliphatic imine (C=N–C) groups is 1. The largest absolute Gasteiger partial charge is 0.427 e. The number of carbonyl (C=O) groups excluding carboxylic acids is 1. The first kappa shape index (κ1) is 13.3. The summed E-state index contributed by atoms with van der Waals surface area (Å²) in [6, 6.07) is 14.4. The molecule has 0 aromatic heterocycles. The summed E-state index contributed by atoms with van der Waals surface area (Å²) in [6.45, 7) is 1.37. The second kappa shape index (κ2) is 6.16. The first-order valence-corrected chi connectivity index (χ1v) is 6.09. The number of hydrogen-bond acceptors (Lipinski definition) is 3. The van der Waals surface area contributed by atoms with Gasteiger partial charge in [-0.15, -0.1) is 0 Å². The molecule has 0 heterocycles. The van der Waals surface area contributed by atoms with Gasteiger partial charge in [0.25, 0.3) is 0 Å². The SMILES string of the molecule is CC(=O)Oc1ccc(C=Nc2ccc(Cl)cc2)cc1. The van der Waals surface area contributed by atoms with Crippen molar-refractivity contribution >= 4 is 29.5 Å². The monoisotopic (exact) mass is 273 g/mol. The van der Waals surface area contributed by atoms with E-state index in [4.69, 9.17) is 16.3 Å². The van der Waals surface area contributed by atoms with Crippen LogP contribution in [0, 0.1) is 0 Å². The number of rotatable bonds is 3. The van der Waals surface area contributed by atoms with E-state index in [9.17, 15) is 4.79 Å². The van der Waals surface area contributed by atoms with Crippen LogP contribution >= 0.6 is 11.6 Å². The summed E-state index contributed by atoms with van der Waals surface area (Å²) in [5.41, 5.74) is 1.75. The smallest absolute Gasteiger partial charge is 0.308 e. The fraction of sp³-hybridized carbons (Fsp3) is 0.0667. The molecule has 0 amide bonds. The molecule has 0 spiro atoms. The number of esters is 1. The van der Waals surface area contributed by atoms with Crippen LogP contribution < -0.4 is 4.74 Å². The summed E-state index contributed by atoms with van der Waals surface area (Å²) in [5, 5.41) is 0.685. The molecule has 0 saturated carbocycles. The lowest BCUT2D eigenvalue weighted by atomic mass is 10.2. The molecule has 0 aliphatic heterocycles. The highest BCUT2D eigenvalue weighted by Gasteiger charge is 1.97. The highest BCUT2D eigenvalue weighted by atomic mass is 35.5. The molecule has 0 unspecified atom stereocenters. The minimum absolute atomic E-state index is 0.331. The molecule has 19 heavy (non-hydrogen) atoms. The van der Waals surface area contributed by atoms with Crippen molar-refractivity contribution in [2.45, 2.75) is 6.92 Å². The number of halogens is 1. The Morgan fingerprint density at radius 3 is 2.32 bits per heavy atom. The second-order valence-electron chi connectivity index (χ2n) is 3.90. The summed E-state index contributed by atoms with van der Waals surface area (Å²) in [6.07, 6.45) is 1.74. The lowest BCUT2D eigenvalue weighted by Gasteiger charge is -2.00. The molecule has 96 valence electrons. The first-order valence-electron chi connectivity index (χ1n) is 5.71. The van der Waals surface area contributed by atoms with Crippen molar-refractivity contribution in [1.82, 2.24) is 0 Å². The van der Waals surface area contributed by atoms with Crippen molar-refractivity contribution in [3.63, 3.8) is 0 Å². The third-order valence-corrected chi connectivity index (χ3v) is 2.58. The minimum Gasteiger partial charge on any atom is -0.427 e. The van der Waals surface area contributed by atoms with Crippen molar-refractivity contribution in [3.8, 4) is 5.75 Å². The van der Waals surface area contributed by atoms with Crippen LogP contribution in [0.2, 0.25) is 5.02 Å². The fourth-order valence-corrected chi connectivity index (χ4v) is 1.59. The second-order valence-corrected chi connectivity index (χ2v) is 4.33. The number of hydrogen-bond donors (Lipinski definition) is 0. The molecule has 0 atom stereocenters. The van der Waals surface area contributed by atoms with Crippen molar-refractivity contribution in [3.05, 3.63) is 59.1 Å². The van der Waals surface area contributed by atoms with Crippen LogP contribution in [0.4, 0.5) is 5.69 Å². The van der Waals surface area contributed by atoms with E-state index in [1.807, 2.05) is 24.3 Å². The molecule has 3 nitrogen and oxygen atoms in total. The maximum absolute atomic E-state index is 10.8. The number of ether oxygens (including phenoxy) is 1. The molecule has 4 heteroatoms. The van der Waals surface area contributed by atoms with Gasteiger partial charge < -0.3 is 4.74 Å². The van der Waals surface area contributed by atoms with Gasteiger partial charge in [-0.1, -0.05) is 11.6 Å². The van der Waals surface area contributed by atoms with Gasteiger partial charge in [-0.25, -0.2) is 0 Å². The molecule has 0 aliphatic carbocycles. The van der Waals surface area contributed by atoms with Gasteiger partial charge in [-0.3, -0.25) is 9.79 Å². The quantitative estimate of drug-likeness (QED) is 0.481. The van der Waals surface area contributed by atoms with Gasteiger partial charge in [0.05, 0.1) is 5.69 Å². The summed E-state index contributed by atoms with van der Waals surface area (Å²) >= 11 is 5.79. The Labute approximate surface area is 116 Å². The summed E-state index contributed by atoms with van der Waals surface area (Å²) in [5.74, 6) is 0.193. The van der Waals surface area contributed by atoms with Gasteiger partial charge in [0.1, 0.15) is 5.75 Å². The molecule has 0 fully saturated rings. The van der Waals surface area contributed by atoms with Crippen LogP contribution in [-0.4, -0.2) is 12.2 Å². The van der Waals surface area contributed by atoms with E-state index in [0.29, 0.717) is 10.8 Å². The normalized spacial score (nSPS) is 10.6. The Bertz CT molecular complexity index is 589. The molecule has 0 bridgehead atoms. The van der Waals surface area contributed by atoms with Crippen LogP contribution in [0.5, 0.6) is 5.75 Å². The standard InChI is InChI=1S/C15H12ClNO2/c1-11(18)19-15-8-2-12(3-9-15)10-17-14-6-4-13(16)5-7-14/h2-10H,1H3. The molecule has 2 aromatic carbocycles. The minimum atomic E-state index is -0.331. The van der Waals surface area contributed by atoms with Crippen LogP contribution in [0.1, 0.15) is 12.5 Å². The van der Waals surface area contributed by atoms with Crippen molar-refractivity contribution in [1.29, 1.82) is 0 Å². The molecule has 2 aromatic rings. The molecular formula is C15H12ClNO2. The van der Waals surface area contributed by atoms with E-state index in [1.54, 1.807) is 30.5 Å². The third kappa shape index (κ3) is 4.23. The highest BCUT2D eigenvalue weighted by Crippen LogP contribution is 2.17. The van der Waals surface area contributed by atoms with Gasteiger partial charge in [-0.2, -0.15) is 0 Å². The zero-order chi connectivity index (χ0) is 13.7. The topological polar surface area (TPSA) is 38.7 Å². The van der Waals surface area contributed by atoms with Crippen LogP contribution in [-0.2, 0) is 4.79 Å². The molecule has 0 saturated heterocycles. The Morgan fingerprint density at radius 2 is 1.74 bits per heavy atom. The average molecular weight is 274 g/mol. The Morgan fingerprint density at radius 1 is 1.11 bits per heavy atom. The van der Waals surface area contributed by atoms with Crippen LogP contribution in [0.15, 0.2) is 53.5 Å². The van der Waals surface area contributed by atoms with Crippen molar-refractivity contribution in [2.24, 2.45) is 4.99 Å². The van der Waals surface area contributed by atoms with Gasteiger partial charge in [0, 0.05) is 18.2 Å². The lowest BCUT2D eigenvalue weighted by molar-refractivity contribution is -0.131. The number of benzene rings is 2. The lowest BCUT2D eigenvalue weighted by Crippen LogP contribution is -2.00. The highest BCUT2D eigenvalue weighted by molar-refractivity contribution is 6.30. The zero-order valence-corrected chi connectivity index (χ0v) is 11.1. The van der Waals surface area contributed by atoms with E-state index >= 15 is 0 Å². The Kier molecular flexibility index (Phi) is 4.31. The molecule has 0 radical (unpaired) electrons. The molecule has 0 N–H and O–H groups in total. The van der Waals surface area contributed by atoms with Crippen LogP contribution in [0.25, 0.3) is 0 Å². The van der Waals surface area contributed by atoms with E-state index in [-0.39, 0.29) is 5.97 Å². The Balaban J connectivity index is 2.06. The maximum Gasteiger partial charge on any atom is 0.308 e. The number of nitrogens with zero attached hydrogens (tertiary/aromatic N) is 1. The predicted molar refractivity (Wildman–Crippen MR) is 76.5 cm³/mol. The van der Waals surface area contributed by atoms with Crippen molar-refractivity contribution in [2.75, 3.05) is 0 Å². The maximum atomic E-state index is 10.8.